The van der Waals surface area contributed by atoms with Gasteiger partial charge < -0.3 is 20.9 Å². The number of piperazine rings is 1. The molecule has 0 radical (unpaired) electrons. The molecule has 1 heterocycles. The number of benzene rings is 1. The molecule has 0 aliphatic carbocycles. The van der Waals surface area contributed by atoms with E-state index in [0.717, 1.165) is 50.4 Å². The molecular formula is C20H36Cl3FN4O. The number of rotatable bonds is 7. The number of likely N-dealkylation sites (N-methyl/N-ethyl adjacent to an activating group) is 1. The lowest BCUT2D eigenvalue weighted by Gasteiger charge is -2.37. The Labute approximate surface area is 193 Å². The topological polar surface area (TPSA) is 61.6 Å². The van der Waals surface area contributed by atoms with Gasteiger partial charge in [-0.1, -0.05) is 20.3 Å². The summed E-state index contributed by atoms with van der Waals surface area (Å²) in [5, 5.41) is 2.98. The molecule has 9 heteroatoms. The third kappa shape index (κ3) is 8.10. The molecule has 170 valence electrons. The van der Waals surface area contributed by atoms with Gasteiger partial charge in [-0.25, -0.2) is 4.39 Å². The first kappa shape index (κ1) is 30.4. The Kier molecular flexibility index (Phi) is 14.2. The number of carbonyl (C=O) groups is 1. The van der Waals surface area contributed by atoms with Gasteiger partial charge in [0.25, 0.3) is 0 Å². The average molecular weight is 474 g/mol. The normalized spacial score (nSPS) is 17.1. The average Bonchev–Trinajstić information content (AvgIpc) is 2.61. The number of amides is 1. The van der Waals surface area contributed by atoms with Crippen LogP contribution in [0.2, 0.25) is 0 Å². The Morgan fingerprint density at radius 3 is 2.31 bits per heavy atom. The van der Waals surface area contributed by atoms with Gasteiger partial charge in [-0.15, -0.1) is 37.2 Å². The van der Waals surface area contributed by atoms with Crippen LogP contribution >= 0.6 is 37.2 Å². The Morgan fingerprint density at radius 2 is 1.79 bits per heavy atom. The van der Waals surface area contributed by atoms with Crippen molar-refractivity contribution in [2.75, 3.05) is 37.6 Å². The predicted molar refractivity (Wildman–Crippen MR) is 127 cm³/mol. The van der Waals surface area contributed by atoms with Crippen molar-refractivity contribution in [3.63, 3.8) is 0 Å². The lowest BCUT2D eigenvalue weighted by Crippen LogP contribution is -2.52. The molecule has 1 aliphatic rings. The van der Waals surface area contributed by atoms with Crippen LogP contribution in [0.4, 0.5) is 10.1 Å². The predicted octanol–water partition coefficient (Wildman–Crippen LogP) is 3.93. The fraction of sp³-hybridized carbons (Fsp3) is 0.650. The van der Waals surface area contributed by atoms with Crippen molar-refractivity contribution in [1.82, 2.24) is 10.2 Å². The van der Waals surface area contributed by atoms with Gasteiger partial charge in [-0.3, -0.25) is 4.79 Å². The molecule has 3 N–H and O–H groups in total. The highest BCUT2D eigenvalue weighted by atomic mass is 35.5. The van der Waals surface area contributed by atoms with Crippen LogP contribution in [-0.4, -0.2) is 49.1 Å². The van der Waals surface area contributed by atoms with E-state index in [0.29, 0.717) is 6.42 Å². The van der Waals surface area contributed by atoms with Gasteiger partial charge >= 0.3 is 0 Å². The van der Waals surface area contributed by atoms with Gasteiger partial charge in [0.05, 0.1) is 11.6 Å². The Morgan fingerprint density at radius 1 is 1.21 bits per heavy atom. The molecule has 1 amide bonds. The Hall–Kier alpha value is -0.790. The molecule has 0 spiro atoms. The van der Waals surface area contributed by atoms with Gasteiger partial charge in [0, 0.05) is 37.4 Å². The van der Waals surface area contributed by atoms with Crippen LogP contribution in [0.25, 0.3) is 0 Å². The molecular weight excluding hydrogens is 438 g/mol. The van der Waals surface area contributed by atoms with Crippen molar-refractivity contribution in [3.05, 3.63) is 29.6 Å². The van der Waals surface area contributed by atoms with Crippen molar-refractivity contribution in [2.24, 2.45) is 5.73 Å². The van der Waals surface area contributed by atoms with Crippen molar-refractivity contribution in [3.8, 4) is 0 Å². The SMILES string of the molecule is CCCC(C)(N)C(=O)NC(C)c1cc(F)ccc1N1CCN(CC)CC1.Cl.Cl.Cl. The summed E-state index contributed by atoms with van der Waals surface area (Å²) in [5.74, 6) is -0.487. The van der Waals surface area contributed by atoms with E-state index in [4.69, 9.17) is 5.73 Å². The van der Waals surface area contributed by atoms with Crippen LogP contribution in [0.15, 0.2) is 18.2 Å². The molecule has 0 aromatic heterocycles. The smallest absolute Gasteiger partial charge is 0.240 e. The number of hydrogen-bond acceptors (Lipinski definition) is 4. The van der Waals surface area contributed by atoms with Gasteiger partial charge in [-0.2, -0.15) is 0 Å². The maximum Gasteiger partial charge on any atom is 0.240 e. The number of nitrogens with zero attached hydrogens (tertiary/aromatic N) is 2. The summed E-state index contributed by atoms with van der Waals surface area (Å²) in [7, 11) is 0. The highest BCUT2D eigenvalue weighted by Gasteiger charge is 2.29. The van der Waals surface area contributed by atoms with Crippen molar-refractivity contribution in [2.45, 2.75) is 52.1 Å². The lowest BCUT2D eigenvalue weighted by atomic mass is 9.95. The fourth-order valence-electron chi connectivity index (χ4n) is 3.54. The molecule has 1 fully saturated rings. The summed E-state index contributed by atoms with van der Waals surface area (Å²) in [6, 6.07) is 4.53. The molecule has 1 saturated heterocycles. The zero-order valence-corrected chi connectivity index (χ0v) is 20.2. The molecule has 29 heavy (non-hydrogen) atoms. The van der Waals surface area contributed by atoms with E-state index in [1.165, 1.54) is 12.1 Å². The van der Waals surface area contributed by atoms with Gasteiger partial charge in [0.2, 0.25) is 5.91 Å². The molecule has 1 aliphatic heterocycles. The highest BCUT2D eigenvalue weighted by Crippen LogP contribution is 2.29. The van der Waals surface area contributed by atoms with Crippen LogP contribution in [-0.2, 0) is 4.79 Å². The van der Waals surface area contributed by atoms with Gasteiger partial charge in [-0.05, 0) is 45.0 Å². The number of anilines is 1. The summed E-state index contributed by atoms with van der Waals surface area (Å²) < 4.78 is 13.9. The minimum atomic E-state index is -0.913. The summed E-state index contributed by atoms with van der Waals surface area (Å²) >= 11 is 0. The third-order valence-electron chi connectivity index (χ3n) is 5.25. The summed E-state index contributed by atoms with van der Waals surface area (Å²) in [4.78, 5) is 17.2. The van der Waals surface area contributed by atoms with Crippen LogP contribution < -0.4 is 16.0 Å². The molecule has 1 aromatic rings. The van der Waals surface area contributed by atoms with E-state index in [9.17, 15) is 9.18 Å². The van der Waals surface area contributed by atoms with Crippen molar-refractivity contribution in [1.29, 1.82) is 0 Å². The molecule has 1 aromatic carbocycles. The van der Waals surface area contributed by atoms with E-state index in [-0.39, 0.29) is 55.0 Å². The summed E-state index contributed by atoms with van der Waals surface area (Å²) in [6.45, 7) is 12.6. The van der Waals surface area contributed by atoms with Crippen molar-refractivity contribution >= 4 is 48.8 Å². The Bertz CT molecular complexity index is 626. The second-order valence-electron chi connectivity index (χ2n) is 7.49. The van der Waals surface area contributed by atoms with Gasteiger partial charge in [0.15, 0.2) is 0 Å². The number of nitrogens with two attached hydrogens (primary N) is 1. The fourth-order valence-corrected chi connectivity index (χ4v) is 3.54. The van der Waals surface area contributed by atoms with E-state index >= 15 is 0 Å². The van der Waals surface area contributed by atoms with E-state index < -0.39 is 5.54 Å². The largest absolute Gasteiger partial charge is 0.369 e. The first-order valence-electron chi connectivity index (χ1n) is 9.65. The minimum absolute atomic E-state index is 0. The molecule has 5 nitrogen and oxygen atoms in total. The maximum absolute atomic E-state index is 13.9. The van der Waals surface area contributed by atoms with Crippen LogP contribution in [0.3, 0.4) is 0 Å². The molecule has 0 saturated carbocycles. The maximum atomic E-state index is 13.9. The molecule has 2 atom stereocenters. The second kappa shape index (κ2) is 13.5. The third-order valence-corrected chi connectivity index (χ3v) is 5.25. The lowest BCUT2D eigenvalue weighted by molar-refractivity contribution is -0.126. The van der Waals surface area contributed by atoms with E-state index in [1.807, 2.05) is 19.9 Å². The molecule has 2 rings (SSSR count). The quantitative estimate of drug-likeness (QED) is 0.630. The second-order valence-corrected chi connectivity index (χ2v) is 7.49. The summed E-state index contributed by atoms with van der Waals surface area (Å²) in [6.07, 6.45) is 1.45. The van der Waals surface area contributed by atoms with E-state index in [2.05, 4.69) is 22.0 Å². The first-order chi connectivity index (χ1) is 12.3. The zero-order valence-electron chi connectivity index (χ0n) is 17.7. The minimum Gasteiger partial charge on any atom is -0.369 e. The number of nitrogens with one attached hydrogen (secondary N) is 1. The number of halogens is 4. The van der Waals surface area contributed by atoms with Crippen LogP contribution in [0.5, 0.6) is 0 Å². The molecule has 2 unspecified atom stereocenters. The summed E-state index contributed by atoms with van der Waals surface area (Å²) in [5.41, 5.74) is 7.01. The standard InChI is InChI=1S/C20H33FN4O.3ClH/c1-5-9-20(4,22)19(26)23-15(3)17-14-16(21)7-8-18(17)25-12-10-24(6-2)11-13-25;;;/h7-8,14-15H,5-6,9-13,22H2,1-4H3,(H,23,26);3*1H. The first-order valence-corrected chi connectivity index (χ1v) is 9.65. The zero-order chi connectivity index (χ0) is 19.3. The van der Waals surface area contributed by atoms with E-state index in [1.54, 1.807) is 6.92 Å². The highest BCUT2D eigenvalue weighted by molar-refractivity contribution is 5.86. The van der Waals surface area contributed by atoms with Crippen LogP contribution in [0.1, 0.15) is 52.1 Å². The van der Waals surface area contributed by atoms with Crippen molar-refractivity contribution < 1.29 is 9.18 Å². The monoisotopic (exact) mass is 472 g/mol. The molecule has 0 bridgehead atoms. The van der Waals surface area contributed by atoms with Crippen LogP contribution in [0, 0.1) is 5.82 Å². The number of hydrogen-bond donors (Lipinski definition) is 2. The Balaban J connectivity index is 0. The number of carbonyl (C=O) groups excluding carboxylic acids is 1. The van der Waals surface area contributed by atoms with Gasteiger partial charge in [0.1, 0.15) is 5.82 Å².